The van der Waals surface area contributed by atoms with Crippen molar-refractivity contribution < 1.29 is 9.59 Å². The number of carbonyl (C=O) groups excluding carboxylic acids is 2. The SMILES string of the molecule is CC(C)C(=O)NCCN(C)[C@@H]1CCc2ccccc2NC1=O. The van der Waals surface area contributed by atoms with Crippen LogP contribution in [0.25, 0.3) is 0 Å². The number of para-hydroxylation sites is 1. The summed E-state index contributed by atoms with van der Waals surface area (Å²) in [7, 11) is 1.93. The van der Waals surface area contributed by atoms with E-state index in [0.717, 1.165) is 18.5 Å². The van der Waals surface area contributed by atoms with Crippen LogP contribution in [0.2, 0.25) is 0 Å². The number of likely N-dealkylation sites (N-methyl/N-ethyl adjacent to an activating group) is 1. The summed E-state index contributed by atoms with van der Waals surface area (Å²) in [6, 6.07) is 7.77. The van der Waals surface area contributed by atoms with Crippen molar-refractivity contribution in [2.75, 3.05) is 25.5 Å². The molecule has 120 valence electrons. The Balaban J connectivity index is 1.90. The summed E-state index contributed by atoms with van der Waals surface area (Å²) >= 11 is 0. The topological polar surface area (TPSA) is 61.4 Å². The molecule has 0 unspecified atom stereocenters. The Morgan fingerprint density at radius 2 is 2.14 bits per heavy atom. The zero-order valence-electron chi connectivity index (χ0n) is 13.6. The van der Waals surface area contributed by atoms with Gasteiger partial charge in [-0.3, -0.25) is 14.5 Å². The molecule has 1 aromatic rings. The number of benzene rings is 1. The van der Waals surface area contributed by atoms with Gasteiger partial charge in [0.25, 0.3) is 0 Å². The molecule has 0 spiro atoms. The van der Waals surface area contributed by atoms with Crippen LogP contribution in [0.1, 0.15) is 25.8 Å². The third-order valence-electron chi connectivity index (χ3n) is 4.09. The van der Waals surface area contributed by atoms with E-state index in [-0.39, 0.29) is 23.8 Å². The number of amides is 2. The van der Waals surface area contributed by atoms with Crippen LogP contribution in [0.4, 0.5) is 5.69 Å². The largest absolute Gasteiger partial charge is 0.355 e. The fraction of sp³-hybridized carbons (Fsp3) is 0.529. The number of rotatable bonds is 5. The summed E-state index contributed by atoms with van der Waals surface area (Å²) < 4.78 is 0. The predicted octanol–water partition coefficient (Wildman–Crippen LogP) is 1.64. The number of hydrogen-bond acceptors (Lipinski definition) is 3. The van der Waals surface area contributed by atoms with Crippen LogP contribution in [-0.2, 0) is 16.0 Å². The first-order valence-electron chi connectivity index (χ1n) is 7.85. The first-order valence-corrected chi connectivity index (χ1v) is 7.85. The van der Waals surface area contributed by atoms with Crippen molar-refractivity contribution in [2.24, 2.45) is 5.92 Å². The maximum absolute atomic E-state index is 12.4. The van der Waals surface area contributed by atoms with Gasteiger partial charge < -0.3 is 10.6 Å². The van der Waals surface area contributed by atoms with E-state index < -0.39 is 0 Å². The van der Waals surface area contributed by atoms with Crippen LogP contribution in [0, 0.1) is 5.92 Å². The molecule has 0 radical (unpaired) electrons. The van der Waals surface area contributed by atoms with Gasteiger partial charge in [0, 0.05) is 24.7 Å². The lowest BCUT2D eigenvalue weighted by atomic mass is 10.1. The minimum absolute atomic E-state index is 0.0130. The van der Waals surface area contributed by atoms with Crippen LogP contribution < -0.4 is 10.6 Å². The van der Waals surface area contributed by atoms with Gasteiger partial charge in [-0.2, -0.15) is 0 Å². The lowest BCUT2D eigenvalue weighted by Gasteiger charge is -2.25. The molecule has 0 fully saturated rings. The minimum atomic E-state index is -0.164. The highest BCUT2D eigenvalue weighted by molar-refractivity contribution is 5.96. The highest BCUT2D eigenvalue weighted by Crippen LogP contribution is 2.23. The Morgan fingerprint density at radius 1 is 1.41 bits per heavy atom. The summed E-state index contributed by atoms with van der Waals surface area (Å²) in [4.78, 5) is 26.0. The monoisotopic (exact) mass is 303 g/mol. The Kier molecular flexibility index (Phi) is 5.55. The van der Waals surface area contributed by atoms with Crippen LogP contribution in [0.3, 0.4) is 0 Å². The first kappa shape index (κ1) is 16.5. The first-order chi connectivity index (χ1) is 10.5. The van der Waals surface area contributed by atoms with E-state index in [1.54, 1.807) is 0 Å². The van der Waals surface area contributed by atoms with E-state index in [0.29, 0.717) is 13.1 Å². The van der Waals surface area contributed by atoms with Gasteiger partial charge in [0.05, 0.1) is 6.04 Å². The second kappa shape index (κ2) is 7.40. The molecular formula is C17H25N3O2. The third-order valence-corrected chi connectivity index (χ3v) is 4.09. The molecule has 22 heavy (non-hydrogen) atoms. The predicted molar refractivity (Wildman–Crippen MR) is 87.7 cm³/mol. The van der Waals surface area contributed by atoms with Crippen molar-refractivity contribution >= 4 is 17.5 Å². The quantitative estimate of drug-likeness (QED) is 0.869. The number of hydrogen-bond donors (Lipinski definition) is 2. The van der Waals surface area contributed by atoms with Gasteiger partial charge in [-0.1, -0.05) is 32.0 Å². The van der Waals surface area contributed by atoms with Gasteiger partial charge in [0.1, 0.15) is 0 Å². The smallest absolute Gasteiger partial charge is 0.241 e. The number of fused-ring (bicyclic) bond motifs is 1. The van der Waals surface area contributed by atoms with Gasteiger partial charge in [-0.15, -0.1) is 0 Å². The maximum atomic E-state index is 12.4. The van der Waals surface area contributed by atoms with E-state index in [2.05, 4.69) is 16.7 Å². The Hall–Kier alpha value is -1.88. The van der Waals surface area contributed by atoms with Gasteiger partial charge in [-0.05, 0) is 31.5 Å². The lowest BCUT2D eigenvalue weighted by Crippen LogP contribution is -2.45. The normalized spacial score (nSPS) is 17.9. The summed E-state index contributed by atoms with van der Waals surface area (Å²) in [5.74, 6) is 0.0646. The average Bonchev–Trinajstić information content (AvgIpc) is 2.65. The number of anilines is 1. The molecule has 0 bridgehead atoms. The van der Waals surface area contributed by atoms with Crippen molar-refractivity contribution in [1.82, 2.24) is 10.2 Å². The number of nitrogens with one attached hydrogen (secondary N) is 2. The highest BCUT2D eigenvalue weighted by atomic mass is 16.2. The van der Waals surface area contributed by atoms with Gasteiger partial charge in [-0.25, -0.2) is 0 Å². The molecule has 0 saturated heterocycles. The summed E-state index contributed by atoms with van der Waals surface area (Å²) in [6.45, 7) is 4.96. The molecule has 5 heteroatoms. The molecule has 0 aromatic heterocycles. The van der Waals surface area contributed by atoms with Gasteiger partial charge in [0.2, 0.25) is 11.8 Å². The number of aryl methyl sites for hydroxylation is 1. The lowest BCUT2D eigenvalue weighted by molar-refractivity contribution is -0.124. The molecule has 1 aromatic carbocycles. The molecular weight excluding hydrogens is 278 g/mol. The van der Waals surface area contributed by atoms with Crippen molar-refractivity contribution in [1.29, 1.82) is 0 Å². The van der Waals surface area contributed by atoms with Gasteiger partial charge in [0.15, 0.2) is 0 Å². The van der Waals surface area contributed by atoms with Gasteiger partial charge >= 0.3 is 0 Å². The van der Waals surface area contributed by atoms with E-state index >= 15 is 0 Å². The summed E-state index contributed by atoms with van der Waals surface area (Å²) in [6.07, 6.45) is 1.67. The molecule has 2 N–H and O–H groups in total. The van der Waals surface area contributed by atoms with E-state index in [1.807, 2.05) is 44.0 Å². The Morgan fingerprint density at radius 3 is 2.86 bits per heavy atom. The van der Waals surface area contributed by atoms with Crippen LogP contribution in [-0.4, -0.2) is 42.9 Å². The Bertz CT molecular complexity index is 542. The van der Waals surface area contributed by atoms with Crippen molar-refractivity contribution in [3.8, 4) is 0 Å². The molecule has 0 saturated carbocycles. The molecule has 1 heterocycles. The number of nitrogens with zero attached hydrogens (tertiary/aromatic N) is 1. The molecule has 5 nitrogen and oxygen atoms in total. The van der Waals surface area contributed by atoms with Crippen molar-refractivity contribution in [3.05, 3.63) is 29.8 Å². The van der Waals surface area contributed by atoms with Crippen LogP contribution in [0.5, 0.6) is 0 Å². The fourth-order valence-corrected chi connectivity index (χ4v) is 2.64. The summed E-state index contributed by atoms with van der Waals surface area (Å²) in [5.41, 5.74) is 2.09. The second-order valence-electron chi connectivity index (χ2n) is 6.13. The third kappa shape index (κ3) is 4.07. The van der Waals surface area contributed by atoms with Crippen molar-refractivity contribution in [2.45, 2.75) is 32.7 Å². The van der Waals surface area contributed by atoms with Crippen molar-refractivity contribution in [3.63, 3.8) is 0 Å². The molecule has 2 rings (SSSR count). The summed E-state index contributed by atoms with van der Waals surface area (Å²) in [5, 5.41) is 5.89. The zero-order valence-corrected chi connectivity index (χ0v) is 13.6. The number of carbonyl (C=O) groups is 2. The average molecular weight is 303 g/mol. The maximum Gasteiger partial charge on any atom is 0.241 e. The molecule has 2 amide bonds. The Labute approximate surface area is 132 Å². The second-order valence-corrected chi connectivity index (χ2v) is 6.13. The molecule has 0 aliphatic carbocycles. The fourth-order valence-electron chi connectivity index (χ4n) is 2.64. The molecule has 1 atom stereocenters. The van der Waals surface area contributed by atoms with Crippen LogP contribution in [0.15, 0.2) is 24.3 Å². The standard InChI is InChI=1S/C17H25N3O2/c1-12(2)16(21)18-10-11-20(3)15-9-8-13-6-4-5-7-14(13)19-17(15)22/h4-7,12,15H,8-11H2,1-3H3,(H,18,21)(H,19,22)/t15-/m1/s1. The molecule has 1 aliphatic heterocycles. The molecule has 1 aliphatic rings. The van der Waals surface area contributed by atoms with E-state index in [4.69, 9.17) is 0 Å². The highest BCUT2D eigenvalue weighted by Gasteiger charge is 2.26. The minimum Gasteiger partial charge on any atom is -0.355 e. The zero-order chi connectivity index (χ0) is 16.1. The van der Waals surface area contributed by atoms with E-state index in [1.165, 1.54) is 5.56 Å². The van der Waals surface area contributed by atoms with Crippen LogP contribution >= 0.6 is 0 Å². The van der Waals surface area contributed by atoms with E-state index in [9.17, 15) is 9.59 Å².